The minimum Gasteiger partial charge on any atom is -0.368 e. The lowest BCUT2D eigenvalue weighted by atomic mass is 10.1. The van der Waals surface area contributed by atoms with E-state index in [0.29, 0.717) is 5.69 Å². The van der Waals surface area contributed by atoms with Crippen LogP contribution in [0.2, 0.25) is 0 Å². The van der Waals surface area contributed by atoms with Crippen molar-refractivity contribution in [1.82, 2.24) is 20.2 Å². The number of nitrogens with two attached hydrogens (primary N) is 1. The van der Waals surface area contributed by atoms with Gasteiger partial charge in [-0.3, -0.25) is 0 Å². The van der Waals surface area contributed by atoms with E-state index in [0.717, 1.165) is 11.3 Å². The number of rotatable bonds is 2. The van der Waals surface area contributed by atoms with E-state index in [4.69, 9.17) is 10.3 Å². The molecule has 1 aromatic carbocycles. The zero-order chi connectivity index (χ0) is 11.7. The van der Waals surface area contributed by atoms with Crippen LogP contribution in [-0.2, 0) is 0 Å². The smallest absolute Gasteiger partial charge is 0.222 e. The fourth-order valence-electron chi connectivity index (χ4n) is 1.62. The number of hydrogen-bond acceptors (Lipinski definition) is 5. The topological polar surface area (TPSA) is 82.8 Å². The number of nitrogens with zero attached hydrogens (tertiary/aromatic N) is 4. The van der Waals surface area contributed by atoms with Gasteiger partial charge < -0.3 is 10.3 Å². The van der Waals surface area contributed by atoms with E-state index >= 15 is 0 Å². The molecule has 0 unspecified atom stereocenters. The molecule has 3 rings (SSSR count). The van der Waals surface area contributed by atoms with E-state index in [1.165, 1.54) is 4.80 Å². The van der Waals surface area contributed by atoms with Gasteiger partial charge in [-0.25, -0.2) is 0 Å². The highest BCUT2D eigenvalue weighted by Crippen LogP contribution is 2.25. The predicted molar refractivity (Wildman–Crippen MR) is 61.3 cm³/mol. The zero-order valence-electron chi connectivity index (χ0n) is 8.82. The molecule has 2 N–H and O–H groups in total. The summed E-state index contributed by atoms with van der Waals surface area (Å²) in [6.07, 6.45) is 3.24. The third-order valence-corrected chi connectivity index (χ3v) is 2.34. The summed E-state index contributed by atoms with van der Waals surface area (Å²) in [5, 5.41) is 12.1. The van der Waals surface area contributed by atoms with Crippen molar-refractivity contribution in [3.63, 3.8) is 0 Å². The van der Waals surface area contributed by atoms with Crippen molar-refractivity contribution in [2.24, 2.45) is 0 Å². The van der Waals surface area contributed by atoms with Crippen LogP contribution in [0.15, 0.2) is 47.2 Å². The molecule has 6 heteroatoms. The molecule has 0 aliphatic heterocycles. The molecule has 17 heavy (non-hydrogen) atoms. The first kappa shape index (κ1) is 9.59. The van der Waals surface area contributed by atoms with Crippen LogP contribution in [0.5, 0.6) is 0 Å². The zero-order valence-corrected chi connectivity index (χ0v) is 8.82. The first-order valence-corrected chi connectivity index (χ1v) is 5.03. The van der Waals surface area contributed by atoms with Crippen LogP contribution in [0, 0.1) is 0 Å². The van der Waals surface area contributed by atoms with Crippen molar-refractivity contribution in [3.8, 4) is 16.9 Å². The summed E-state index contributed by atoms with van der Waals surface area (Å²) in [6, 6.07) is 9.30. The van der Waals surface area contributed by atoms with Crippen LogP contribution in [0.4, 0.5) is 5.88 Å². The molecule has 84 valence electrons. The van der Waals surface area contributed by atoms with Gasteiger partial charge in [-0.2, -0.15) is 15.0 Å². The Labute approximate surface area is 96.6 Å². The van der Waals surface area contributed by atoms with Gasteiger partial charge in [0.25, 0.3) is 0 Å². The van der Waals surface area contributed by atoms with E-state index in [-0.39, 0.29) is 5.88 Å². The SMILES string of the molecule is Nc1cc(-c2ccccc2-n2nccn2)no1. The normalized spacial score (nSPS) is 10.6. The molecular weight excluding hydrogens is 218 g/mol. The molecule has 3 aromatic rings. The average Bonchev–Trinajstić information content (AvgIpc) is 3.00. The van der Waals surface area contributed by atoms with Gasteiger partial charge in [0, 0.05) is 11.6 Å². The first-order chi connectivity index (χ1) is 8.34. The highest BCUT2D eigenvalue weighted by molar-refractivity contribution is 5.70. The number of nitrogen functional groups attached to an aromatic ring is 1. The molecule has 0 saturated carbocycles. The maximum Gasteiger partial charge on any atom is 0.222 e. The van der Waals surface area contributed by atoms with Crippen LogP contribution >= 0.6 is 0 Å². The number of anilines is 1. The van der Waals surface area contributed by atoms with E-state index in [1.807, 2.05) is 24.3 Å². The Bertz CT molecular complexity index is 629. The second kappa shape index (κ2) is 3.75. The highest BCUT2D eigenvalue weighted by atomic mass is 16.5. The van der Waals surface area contributed by atoms with E-state index in [1.54, 1.807) is 18.5 Å². The molecule has 0 amide bonds. The number of hydrogen-bond donors (Lipinski definition) is 1. The Kier molecular flexibility index (Phi) is 2.11. The Morgan fingerprint density at radius 3 is 2.59 bits per heavy atom. The van der Waals surface area contributed by atoms with Crippen LogP contribution in [0.3, 0.4) is 0 Å². The maximum atomic E-state index is 5.52. The predicted octanol–water partition coefficient (Wildman–Crippen LogP) is 1.50. The molecule has 0 radical (unpaired) electrons. The van der Waals surface area contributed by atoms with Crippen molar-refractivity contribution in [2.45, 2.75) is 0 Å². The lowest BCUT2D eigenvalue weighted by Crippen LogP contribution is -2.00. The number of para-hydroxylation sites is 1. The van der Waals surface area contributed by atoms with Gasteiger partial charge in [-0.05, 0) is 6.07 Å². The van der Waals surface area contributed by atoms with Crippen LogP contribution in [0.25, 0.3) is 16.9 Å². The van der Waals surface area contributed by atoms with Crippen molar-refractivity contribution in [3.05, 3.63) is 42.7 Å². The van der Waals surface area contributed by atoms with E-state index in [2.05, 4.69) is 15.4 Å². The third-order valence-electron chi connectivity index (χ3n) is 2.34. The summed E-state index contributed by atoms with van der Waals surface area (Å²) in [7, 11) is 0. The van der Waals surface area contributed by atoms with Gasteiger partial charge in [-0.1, -0.05) is 23.4 Å². The Morgan fingerprint density at radius 2 is 1.88 bits per heavy atom. The van der Waals surface area contributed by atoms with Crippen molar-refractivity contribution in [1.29, 1.82) is 0 Å². The standard InChI is InChI=1S/C11H9N5O/c12-11-7-9(15-17-11)8-3-1-2-4-10(8)16-13-5-6-14-16/h1-7H,12H2. The largest absolute Gasteiger partial charge is 0.368 e. The van der Waals surface area contributed by atoms with Gasteiger partial charge in [0.05, 0.1) is 18.1 Å². The Balaban J connectivity index is 2.17. The molecular formula is C11H9N5O. The van der Waals surface area contributed by atoms with Gasteiger partial charge in [0.15, 0.2) is 0 Å². The second-order valence-corrected chi connectivity index (χ2v) is 3.45. The summed E-state index contributed by atoms with van der Waals surface area (Å²) < 4.78 is 4.87. The molecule has 0 atom stereocenters. The lowest BCUT2D eigenvalue weighted by molar-refractivity contribution is 0.439. The average molecular weight is 227 g/mol. The molecule has 0 fully saturated rings. The minimum absolute atomic E-state index is 0.281. The highest BCUT2D eigenvalue weighted by Gasteiger charge is 2.11. The van der Waals surface area contributed by atoms with Gasteiger partial charge in [0.2, 0.25) is 5.88 Å². The molecule has 6 nitrogen and oxygen atoms in total. The van der Waals surface area contributed by atoms with Crippen LogP contribution in [-0.4, -0.2) is 20.2 Å². The van der Waals surface area contributed by atoms with E-state index in [9.17, 15) is 0 Å². The molecule has 0 aliphatic carbocycles. The van der Waals surface area contributed by atoms with Crippen LogP contribution < -0.4 is 5.73 Å². The molecule has 2 aromatic heterocycles. The quantitative estimate of drug-likeness (QED) is 0.717. The molecule has 0 spiro atoms. The molecule has 0 saturated heterocycles. The van der Waals surface area contributed by atoms with Crippen molar-refractivity contribution >= 4 is 5.88 Å². The lowest BCUT2D eigenvalue weighted by Gasteiger charge is -2.04. The van der Waals surface area contributed by atoms with Crippen molar-refractivity contribution in [2.75, 3.05) is 5.73 Å². The van der Waals surface area contributed by atoms with Crippen LogP contribution in [0.1, 0.15) is 0 Å². The minimum atomic E-state index is 0.281. The first-order valence-electron chi connectivity index (χ1n) is 5.03. The fraction of sp³-hybridized carbons (Fsp3) is 0. The Morgan fingerprint density at radius 1 is 1.12 bits per heavy atom. The van der Waals surface area contributed by atoms with Crippen molar-refractivity contribution < 1.29 is 4.52 Å². The number of benzene rings is 1. The molecule has 2 heterocycles. The summed E-state index contributed by atoms with van der Waals surface area (Å²) >= 11 is 0. The summed E-state index contributed by atoms with van der Waals surface area (Å²) in [6.45, 7) is 0. The van der Waals surface area contributed by atoms with Gasteiger partial charge in [-0.15, -0.1) is 0 Å². The van der Waals surface area contributed by atoms with Gasteiger partial charge in [0.1, 0.15) is 5.69 Å². The number of aromatic nitrogens is 4. The third kappa shape index (κ3) is 1.65. The second-order valence-electron chi connectivity index (χ2n) is 3.45. The summed E-state index contributed by atoms with van der Waals surface area (Å²) in [5.74, 6) is 0.281. The summed E-state index contributed by atoms with van der Waals surface area (Å²) in [5.41, 5.74) is 7.87. The maximum absolute atomic E-state index is 5.52. The van der Waals surface area contributed by atoms with Gasteiger partial charge >= 0.3 is 0 Å². The molecule has 0 bridgehead atoms. The Hall–Kier alpha value is -2.63. The molecule has 0 aliphatic rings. The fourth-order valence-corrected chi connectivity index (χ4v) is 1.62. The monoisotopic (exact) mass is 227 g/mol. The summed E-state index contributed by atoms with van der Waals surface area (Å²) in [4.78, 5) is 1.53. The van der Waals surface area contributed by atoms with E-state index < -0.39 is 0 Å².